The molecule has 0 saturated carbocycles. The van der Waals surface area contributed by atoms with Crippen LogP contribution in [0, 0.1) is 0 Å². The van der Waals surface area contributed by atoms with Crippen molar-refractivity contribution in [2.24, 2.45) is 0 Å². The van der Waals surface area contributed by atoms with Crippen molar-refractivity contribution in [2.45, 2.75) is 59.1 Å². The quantitative estimate of drug-likeness (QED) is 0.744. The first-order chi connectivity index (χ1) is 7.19. The molecule has 4 heteroatoms. The largest absolute Gasteiger partial charge is 0.444 e. The Morgan fingerprint density at radius 2 is 1.81 bits per heavy atom. The zero-order valence-electron chi connectivity index (χ0n) is 11.2. The molecule has 0 fully saturated rings. The molecule has 1 atom stereocenters. The third-order valence-corrected chi connectivity index (χ3v) is 2.22. The number of carbonyl (C=O) groups is 2. The monoisotopic (exact) mass is 229 g/mol. The number of ketones is 1. The van der Waals surface area contributed by atoms with E-state index in [4.69, 9.17) is 4.74 Å². The lowest BCUT2D eigenvalue weighted by Gasteiger charge is -2.27. The van der Waals surface area contributed by atoms with Gasteiger partial charge in [0.2, 0.25) is 0 Å². The standard InChI is InChI=1S/C12H23NO3/c1-7-8-10(14)9(2)13(6)11(15)16-12(3,4)5/h9H,7-8H2,1-6H3. The Morgan fingerprint density at radius 1 is 1.31 bits per heavy atom. The number of rotatable bonds is 4. The molecular formula is C12H23NO3. The number of nitrogens with zero attached hydrogens (tertiary/aromatic N) is 1. The van der Waals surface area contributed by atoms with Gasteiger partial charge in [-0.2, -0.15) is 0 Å². The maximum Gasteiger partial charge on any atom is 0.410 e. The zero-order valence-corrected chi connectivity index (χ0v) is 11.2. The summed E-state index contributed by atoms with van der Waals surface area (Å²) in [6.45, 7) is 9.08. The molecule has 0 heterocycles. The lowest BCUT2D eigenvalue weighted by atomic mass is 10.1. The number of hydrogen-bond donors (Lipinski definition) is 0. The summed E-state index contributed by atoms with van der Waals surface area (Å²) in [4.78, 5) is 24.6. The first-order valence-corrected chi connectivity index (χ1v) is 5.67. The highest BCUT2D eigenvalue weighted by Crippen LogP contribution is 2.11. The van der Waals surface area contributed by atoms with Crippen molar-refractivity contribution >= 4 is 11.9 Å². The van der Waals surface area contributed by atoms with E-state index in [1.54, 1.807) is 34.7 Å². The van der Waals surface area contributed by atoms with E-state index in [2.05, 4.69) is 0 Å². The Morgan fingerprint density at radius 3 is 2.19 bits per heavy atom. The van der Waals surface area contributed by atoms with Crippen LogP contribution in [0.25, 0.3) is 0 Å². The van der Waals surface area contributed by atoms with Gasteiger partial charge in [-0.3, -0.25) is 4.79 Å². The third kappa shape index (κ3) is 5.14. The van der Waals surface area contributed by atoms with E-state index < -0.39 is 17.7 Å². The normalized spacial score (nSPS) is 13.1. The maximum atomic E-state index is 11.7. The third-order valence-electron chi connectivity index (χ3n) is 2.22. The van der Waals surface area contributed by atoms with Crippen molar-refractivity contribution in [2.75, 3.05) is 7.05 Å². The van der Waals surface area contributed by atoms with E-state index >= 15 is 0 Å². The Balaban J connectivity index is 4.38. The molecule has 0 aromatic heterocycles. The van der Waals surface area contributed by atoms with Crippen molar-refractivity contribution in [1.82, 2.24) is 4.90 Å². The molecule has 0 aromatic carbocycles. The van der Waals surface area contributed by atoms with Crippen LogP contribution in [0.4, 0.5) is 4.79 Å². The minimum Gasteiger partial charge on any atom is -0.444 e. The molecule has 0 aromatic rings. The summed E-state index contributed by atoms with van der Waals surface area (Å²) in [6.07, 6.45) is 0.837. The number of ether oxygens (including phenoxy) is 1. The molecule has 0 N–H and O–H groups in total. The van der Waals surface area contributed by atoms with E-state index in [1.807, 2.05) is 6.92 Å². The molecule has 0 aliphatic heterocycles. The minimum absolute atomic E-state index is 0.0656. The van der Waals surface area contributed by atoms with Crippen LogP contribution in [-0.2, 0) is 9.53 Å². The molecule has 16 heavy (non-hydrogen) atoms. The van der Waals surface area contributed by atoms with Gasteiger partial charge in [0, 0.05) is 13.5 Å². The number of Topliss-reactive ketones (excluding diaryl/α,β-unsaturated/α-hetero) is 1. The second-order valence-corrected chi connectivity index (χ2v) is 4.98. The van der Waals surface area contributed by atoms with Gasteiger partial charge in [0.1, 0.15) is 5.60 Å². The van der Waals surface area contributed by atoms with Gasteiger partial charge < -0.3 is 9.64 Å². The molecule has 4 nitrogen and oxygen atoms in total. The van der Waals surface area contributed by atoms with E-state index in [1.165, 1.54) is 4.90 Å². The topological polar surface area (TPSA) is 46.6 Å². The first-order valence-electron chi connectivity index (χ1n) is 5.67. The van der Waals surface area contributed by atoms with Crippen LogP contribution in [0.5, 0.6) is 0 Å². The molecule has 0 rings (SSSR count). The maximum absolute atomic E-state index is 11.7. The summed E-state index contributed by atoms with van der Waals surface area (Å²) in [5.74, 6) is 0.0656. The van der Waals surface area contributed by atoms with Gasteiger partial charge in [-0.05, 0) is 34.1 Å². The Labute approximate surface area is 98.0 Å². The molecule has 0 saturated heterocycles. The smallest absolute Gasteiger partial charge is 0.410 e. The Bertz CT molecular complexity index is 255. The van der Waals surface area contributed by atoms with Crippen LogP contribution in [0.1, 0.15) is 47.5 Å². The van der Waals surface area contributed by atoms with Gasteiger partial charge in [0.05, 0.1) is 6.04 Å². The highest BCUT2D eigenvalue weighted by molar-refractivity contribution is 5.86. The Hall–Kier alpha value is -1.06. The van der Waals surface area contributed by atoms with E-state index in [-0.39, 0.29) is 5.78 Å². The molecule has 0 aliphatic rings. The van der Waals surface area contributed by atoms with Crippen LogP contribution in [0.3, 0.4) is 0 Å². The van der Waals surface area contributed by atoms with Gasteiger partial charge in [-0.1, -0.05) is 6.92 Å². The minimum atomic E-state index is -0.529. The van der Waals surface area contributed by atoms with E-state index in [0.717, 1.165) is 6.42 Å². The zero-order chi connectivity index (χ0) is 12.9. The summed E-state index contributed by atoms with van der Waals surface area (Å²) in [7, 11) is 1.59. The summed E-state index contributed by atoms with van der Waals surface area (Å²) in [6, 6.07) is -0.421. The van der Waals surface area contributed by atoms with Crippen molar-refractivity contribution in [1.29, 1.82) is 0 Å². The van der Waals surface area contributed by atoms with Gasteiger partial charge in [0.25, 0.3) is 0 Å². The molecule has 94 valence electrons. The molecule has 1 unspecified atom stereocenters. The molecular weight excluding hydrogens is 206 g/mol. The number of amides is 1. The Kier molecular flexibility index (Phi) is 5.48. The van der Waals surface area contributed by atoms with Crippen molar-refractivity contribution in [3.8, 4) is 0 Å². The van der Waals surface area contributed by atoms with Crippen molar-refractivity contribution < 1.29 is 14.3 Å². The fourth-order valence-electron chi connectivity index (χ4n) is 1.16. The van der Waals surface area contributed by atoms with Crippen molar-refractivity contribution in [3.05, 3.63) is 0 Å². The molecule has 0 aliphatic carbocycles. The lowest BCUT2D eigenvalue weighted by Crippen LogP contribution is -2.43. The summed E-state index contributed by atoms with van der Waals surface area (Å²) >= 11 is 0. The number of carbonyl (C=O) groups excluding carboxylic acids is 2. The summed E-state index contributed by atoms with van der Waals surface area (Å²) in [5, 5.41) is 0. The SMILES string of the molecule is CCCC(=O)C(C)N(C)C(=O)OC(C)(C)C. The average molecular weight is 229 g/mol. The second kappa shape index (κ2) is 5.87. The number of likely N-dealkylation sites (N-methyl/N-ethyl adjacent to an activating group) is 1. The second-order valence-electron chi connectivity index (χ2n) is 4.98. The first kappa shape index (κ1) is 14.9. The predicted octanol–water partition coefficient (Wildman–Crippen LogP) is 2.61. The molecule has 0 bridgehead atoms. The van der Waals surface area contributed by atoms with Crippen LogP contribution in [0.2, 0.25) is 0 Å². The molecule has 0 radical (unpaired) electrons. The van der Waals surface area contributed by atoms with Gasteiger partial charge >= 0.3 is 6.09 Å². The van der Waals surface area contributed by atoms with Gasteiger partial charge in [-0.15, -0.1) is 0 Å². The van der Waals surface area contributed by atoms with Gasteiger partial charge in [-0.25, -0.2) is 4.79 Å². The van der Waals surface area contributed by atoms with Crippen molar-refractivity contribution in [3.63, 3.8) is 0 Å². The summed E-state index contributed by atoms with van der Waals surface area (Å²) < 4.78 is 5.18. The fourth-order valence-corrected chi connectivity index (χ4v) is 1.16. The summed E-state index contributed by atoms with van der Waals surface area (Å²) in [5.41, 5.74) is -0.529. The van der Waals surface area contributed by atoms with E-state index in [9.17, 15) is 9.59 Å². The highest BCUT2D eigenvalue weighted by Gasteiger charge is 2.26. The predicted molar refractivity (Wildman–Crippen MR) is 63.4 cm³/mol. The molecule has 0 spiro atoms. The molecule has 1 amide bonds. The van der Waals surface area contributed by atoms with Crippen LogP contribution in [0.15, 0.2) is 0 Å². The van der Waals surface area contributed by atoms with E-state index in [0.29, 0.717) is 6.42 Å². The lowest BCUT2D eigenvalue weighted by molar-refractivity contribution is -0.123. The fraction of sp³-hybridized carbons (Fsp3) is 0.833. The van der Waals surface area contributed by atoms with Gasteiger partial charge in [0.15, 0.2) is 5.78 Å². The number of hydrogen-bond acceptors (Lipinski definition) is 3. The average Bonchev–Trinajstić information content (AvgIpc) is 2.13. The van der Waals surface area contributed by atoms with Crippen LogP contribution >= 0.6 is 0 Å². The van der Waals surface area contributed by atoms with Crippen LogP contribution in [-0.4, -0.2) is 35.5 Å². The highest BCUT2D eigenvalue weighted by atomic mass is 16.6. The van der Waals surface area contributed by atoms with Crippen LogP contribution < -0.4 is 0 Å².